The van der Waals surface area contributed by atoms with Crippen LogP contribution < -0.4 is 5.32 Å². The number of halogens is 1. The highest BCUT2D eigenvalue weighted by atomic mass is 35.5. The normalized spacial score (nSPS) is 16.3. The number of hydrogen-bond donors (Lipinski definition) is 1. The van der Waals surface area contributed by atoms with E-state index in [0.29, 0.717) is 31.0 Å². The van der Waals surface area contributed by atoms with E-state index in [0.717, 1.165) is 15.8 Å². The number of piperidine rings is 1. The van der Waals surface area contributed by atoms with Crippen molar-refractivity contribution >= 4 is 54.8 Å². The number of rotatable bonds is 4. The zero-order valence-corrected chi connectivity index (χ0v) is 17.2. The third-order valence-electron chi connectivity index (χ3n) is 4.90. The Morgan fingerprint density at radius 3 is 2.57 bits per heavy atom. The summed E-state index contributed by atoms with van der Waals surface area (Å²) < 4.78 is 32.1. The zero-order chi connectivity index (χ0) is 19.7. The highest BCUT2D eigenvalue weighted by Crippen LogP contribution is 2.27. The molecule has 1 N–H and O–H groups in total. The molecule has 6 nitrogen and oxygen atoms in total. The lowest BCUT2D eigenvalue weighted by atomic mass is 9.97. The van der Waals surface area contributed by atoms with Gasteiger partial charge in [-0.2, -0.15) is 8.68 Å². The van der Waals surface area contributed by atoms with Crippen LogP contribution in [0.25, 0.3) is 10.1 Å². The second-order valence-electron chi connectivity index (χ2n) is 6.70. The Balaban J connectivity index is 1.39. The minimum Gasteiger partial charge on any atom is -0.326 e. The molecule has 0 aliphatic carbocycles. The number of carbonyl (C=O) groups is 1. The molecule has 1 aromatic heterocycles. The van der Waals surface area contributed by atoms with Crippen LogP contribution in [0.5, 0.6) is 0 Å². The first-order valence-electron chi connectivity index (χ1n) is 8.84. The maximum atomic E-state index is 12.7. The predicted octanol–water partition coefficient (Wildman–Crippen LogP) is 3.99. The Labute approximate surface area is 172 Å². The van der Waals surface area contributed by atoms with Crippen molar-refractivity contribution in [3.8, 4) is 0 Å². The lowest BCUT2D eigenvalue weighted by molar-refractivity contribution is -0.120. The molecule has 0 atom stereocenters. The van der Waals surface area contributed by atoms with E-state index in [4.69, 9.17) is 11.6 Å². The molecule has 1 saturated heterocycles. The number of amides is 1. The van der Waals surface area contributed by atoms with Gasteiger partial charge in [0.1, 0.15) is 0 Å². The minimum atomic E-state index is -3.57. The van der Waals surface area contributed by atoms with Crippen LogP contribution >= 0.6 is 23.1 Å². The first-order valence-corrected chi connectivity index (χ1v) is 11.4. The number of aromatic nitrogens is 1. The fourth-order valence-electron chi connectivity index (χ4n) is 3.31. The van der Waals surface area contributed by atoms with Crippen molar-refractivity contribution in [1.29, 1.82) is 0 Å². The maximum Gasteiger partial charge on any atom is 0.243 e. The van der Waals surface area contributed by atoms with Crippen molar-refractivity contribution in [2.45, 2.75) is 17.7 Å². The van der Waals surface area contributed by atoms with Gasteiger partial charge in [0.15, 0.2) is 0 Å². The van der Waals surface area contributed by atoms with Crippen LogP contribution in [0.3, 0.4) is 0 Å². The molecule has 0 saturated carbocycles. The predicted molar refractivity (Wildman–Crippen MR) is 111 cm³/mol. The average molecular weight is 436 g/mol. The van der Waals surface area contributed by atoms with Crippen LogP contribution in [0.1, 0.15) is 12.8 Å². The molecule has 0 spiro atoms. The molecule has 3 aromatic rings. The number of carbonyl (C=O) groups excluding carboxylic acids is 1. The van der Waals surface area contributed by atoms with Crippen LogP contribution in [-0.4, -0.2) is 36.1 Å². The SMILES string of the molecule is O=C(Nc1ccc2sncc2c1)C1CCN(S(=O)(=O)c2ccc(Cl)cc2)CC1. The molecule has 28 heavy (non-hydrogen) atoms. The van der Waals surface area contributed by atoms with Crippen LogP contribution in [-0.2, 0) is 14.8 Å². The monoisotopic (exact) mass is 435 g/mol. The standard InChI is InChI=1S/C19H18ClN3O3S2/c20-15-1-4-17(5-2-15)28(25,26)23-9-7-13(8-10-23)19(24)22-16-3-6-18-14(11-16)12-21-27-18/h1-6,11-13H,7-10H2,(H,22,24). The second kappa shape index (κ2) is 7.79. The van der Waals surface area contributed by atoms with Gasteiger partial charge in [-0.25, -0.2) is 8.42 Å². The summed E-state index contributed by atoms with van der Waals surface area (Å²) in [6, 6.07) is 11.8. The van der Waals surface area contributed by atoms with E-state index in [2.05, 4.69) is 9.69 Å². The number of nitrogens with zero attached hydrogens (tertiary/aromatic N) is 2. The number of sulfonamides is 1. The van der Waals surface area contributed by atoms with Gasteiger partial charge in [0, 0.05) is 41.3 Å². The van der Waals surface area contributed by atoms with Gasteiger partial charge in [-0.3, -0.25) is 4.79 Å². The molecule has 0 unspecified atom stereocenters. The van der Waals surface area contributed by atoms with Crippen LogP contribution in [0.2, 0.25) is 5.02 Å². The molecule has 146 valence electrons. The Kier molecular flexibility index (Phi) is 5.37. The van der Waals surface area contributed by atoms with E-state index in [1.807, 2.05) is 18.2 Å². The van der Waals surface area contributed by atoms with Crippen molar-refractivity contribution in [2.75, 3.05) is 18.4 Å². The van der Waals surface area contributed by atoms with Crippen molar-refractivity contribution < 1.29 is 13.2 Å². The lowest BCUT2D eigenvalue weighted by Gasteiger charge is -2.30. The van der Waals surface area contributed by atoms with Crippen LogP contribution in [0.4, 0.5) is 5.69 Å². The smallest absolute Gasteiger partial charge is 0.243 e. The highest BCUT2D eigenvalue weighted by molar-refractivity contribution is 7.89. The van der Waals surface area contributed by atoms with E-state index in [-0.39, 0.29) is 16.7 Å². The molecule has 0 radical (unpaired) electrons. The first-order chi connectivity index (χ1) is 13.4. The second-order valence-corrected chi connectivity index (χ2v) is 9.91. The van der Waals surface area contributed by atoms with Crippen molar-refractivity contribution in [3.05, 3.63) is 53.7 Å². The van der Waals surface area contributed by atoms with Gasteiger partial charge in [0.05, 0.1) is 9.60 Å². The fourth-order valence-corrected chi connectivity index (χ4v) is 5.53. The minimum absolute atomic E-state index is 0.0777. The van der Waals surface area contributed by atoms with Gasteiger partial charge in [-0.1, -0.05) is 11.6 Å². The van der Waals surface area contributed by atoms with E-state index in [1.54, 1.807) is 18.3 Å². The lowest BCUT2D eigenvalue weighted by Crippen LogP contribution is -2.41. The molecule has 1 aliphatic rings. The summed E-state index contributed by atoms with van der Waals surface area (Å²) in [5.74, 6) is -0.293. The Bertz CT molecular complexity index is 1100. The summed E-state index contributed by atoms with van der Waals surface area (Å²) in [6.45, 7) is 0.632. The topological polar surface area (TPSA) is 79.4 Å². The number of hydrogen-bond acceptors (Lipinski definition) is 5. The van der Waals surface area contributed by atoms with Crippen molar-refractivity contribution in [3.63, 3.8) is 0 Å². The van der Waals surface area contributed by atoms with E-state index in [1.165, 1.54) is 28.0 Å². The molecule has 4 rings (SSSR count). The highest BCUT2D eigenvalue weighted by Gasteiger charge is 2.32. The molecule has 1 fully saturated rings. The van der Waals surface area contributed by atoms with Gasteiger partial charge >= 0.3 is 0 Å². The van der Waals surface area contributed by atoms with Gasteiger partial charge in [0.25, 0.3) is 0 Å². The quantitative estimate of drug-likeness (QED) is 0.672. The van der Waals surface area contributed by atoms with Crippen LogP contribution in [0.15, 0.2) is 53.6 Å². The van der Waals surface area contributed by atoms with Gasteiger partial charge in [0.2, 0.25) is 15.9 Å². The summed E-state index contributed by atoms with van der Waals surface area (Å²) in [7, 11) is -3.57. The molecule has 2 aromatic carbocycles. The Hall–Kier alpha value is -2.00. The first kappa shape index (κ1) is 19.3. The zero-order valence-electron chi connectivity index (χ0n) is 14.8. The van der Waals surface area contributed by atoms with Crippen molar-refractivity contribution in [2.24, 2.45) is 5.92 Å². The third kappa shape index (κ3) is 3.91. The molecular weight excluding hydrogens is 418 g/mol. The summed E-state index contributed by atoms with van der Waals surface area (Å²) in [5, 5.41) is 4.42. The maximum absolute atomic E-state index is 12.7. The van der Waals surface area contributed by atoms with Gasteiger partial charge in [-0.05, 0) is 66.8 Å². The van der Waals surface area contributed by atoms with Gasteiger partial charge in [-0.15, -0.1) is 0 Å². The summed E-state index contributed by atoms with van der Waals surface area (Å²) in [4.78, 5) is 12.8. The molecule has 0 bridgehead atoms. The summed E-state index contributed by atoms with van der Waals surface area (Å²) in [5.41, 5.74) is 0.730. The van der Waals surface area contributed by atoms with Crippen LogP contribution in [0, 0.1) is 5.92 Å². The molecule has 2 heterocycles. The average Bonchev–Trinajstić information content (AvgIpc) is 3.16. The number of fused-ring (bicyclic) bond motifs is 1. The van der Waals surface area contributed by atoms with Crippen molar-refractivity contribution in [1.82, 2.24) is 8.68 Å². The third-order valence-corrected chi connectivity index (χ3v) is 7.84. The number of anilines is 1. The number of nitrogens with one attached hydrogen (secondary N) is 1. The Morgan fingerprint density at radius 2 is 1.86 bits per heavy atom. The molecular formula is C19H18ClN3O3S2. The molecule has 1 aliphatic heterocycles. The molecule has 9 heteroatoms. The van der Waals surface area contributed by atoms with E-state index in [9.17, 15) is 13.2 Å². The van der Waals surface area contributed by atoms with E-state index >= 15 is 0 Å². The number of benzene rings is 2. The molecule has 1 amide bonds. The largest absolute Gasteiger partial charge is 0.326 e. The fraction of sp³-hybridized carbons (Fsp3) is 0.263. The summed E-state index contributed by atoms with van der Waals surface area (Å²) >= 11 is 7.25. The van der Waals surface area contributed by atoms with E-state index < -0.39 is 10.0 Å². The summed E-state index contributed by atoms with van der Waals surface area (Å²) in [6.07, 6.45) is 2.75. The van der Waals surface area contributed by atoms with Gasteiger partial charge < -0.3 is 5.32 Å². The Morgan fingerprint density at radius 1 is 1.14 bits per heavy atom.